The number of hydrogen-bond donors (Lipinski definition) is 1. The molecule has 0 aliphatic carbocycles. The summed E-state index contributed by atoms with van der Waals surface area (Å²) in [5.74, 6) is 0. The first kappa shape index (κ1) is 29.2. The Bertz CT molecular complexity index is 188. The third kappa shape index (κ3) is 102. The predicted octanol–water partition coefficient (Wildman–Crippen LogP) is 0.175. The number of aldehydes is 1. The maximum Gasteiger partial charge on any atom is 0 e. The van der Waals surface area contributed by atoms with Crippen LogP contribution < -0.4 is 0 Å². The molecule has 0 radical (unpaired) electrons. The number of rotatable bonds is 3. The molecule has 0 atom stereocenters. The van der Waals surface area contributed by atoms with Gasteiger partial charge in [0.25, 0.3) is 0 Å². The van der Waals surface area contributed by atoms with Gasteiger partial charge in [-0.1, -0.05) is 18.2 Å². The maximum atomic E-state index is 9.58. The Labute approximate surface area is 98.5 Å². The summed E-state index contributed by atoms with van der Waals surface area (Å²) in [4.78, 5) is 9.58. The Morgan fingerprint density at radius 1 is 0.933 bits per heavy atom. The molecule has 15 heavy (non-hydrogen) atoms. The molecule has 0 amide bonds. The molecule has 0 heterocycles. The number of aliphatic hydroxyl groups is 1. The van der Waals surface area contributed by atoms with Gasteiger partial charge in [0, 0.05) is 17.1 Å². The summed E-state index contributed by atoms with van der Waals surface area (Å²) in [6.07, 6.45) is 6.74. The minimum absolute atomic E-state index is 0. The topological polar surface area (TPSA) is 97.0 Å². The minimum atomic E-state index is 0. The van der Waals surface area contributed by atoms with E-state index in [1.54, 1.807) is 18.2 Å². The van der Waals surface area contributed by atoms with Crippen LogP contribution >= 0.6 is 0 Å². The van der Waals surface area contributed by atoms with Gasteiger partial charge in [-0.2, -0.15) is 0 Å². The van der Waals surface area contributed by atoms with Crippen molar-refractivity contribution in [3.8, 4) is 0 Å². The van der Waals surface area contributed by atoms with E-state index in [0.29, 0.717) is 6.29 Å². The van der Waals surface area contributed by atoms with Gasteiger partial charge < -0.3 is 5.11 Å². The average Bonchev–Trinajstić information content (AvgIpc) is 2.33. The second kappa shape index (κ2) is 76.7. The minimum Gasteiger partial charge on any atom is 0 e. The monoisotopic (exact) mass is 252 g/mol. The van der Waals surface area contributed by atoms with E-state index < -0.39 is 0 Å². The summed E-state index contributed by atoms with van der Waals surface area (Å²) in [5.41, 5.74) is 0. The quantitative estimate of drug-likeness (QED) is 0.193. The molecule has 0 rings (SSSR count). The van der Waals surface area contributed by atoms with E-state index in [-0.39, 0.29) is 23.7 Å². The summed E-state index contributed by atoms with van der Waals surface area (Å²) < 4.78 is 22.5. The Balaban J connectivity index is -0.0000000410. The van der Waals surface area contributed by atoms with Crippen molar-refractivity contribution in [2.75, 3.05) is 6.61 Å². The van der Waals surface area contributed by atoms with E-state index in [2.05, 4.69) is 20.0 Å². The Kier molecular flexibility index (Phi) is 149. The fourth-order valence-electron chi connectivity index (χ4n) is 0.249. The van der Waals surface area contributed by atoms with Crippen molar-refractivity contribution in [1.82, 2.24) is 0 Å². The van der Waals surface area contributed by atoms with E-state index in [1.807, 2.05) is 0 Å². The van der Waals surface area contributed by atoms with Crippen molar-refractivity contribution in [2.24, 2.45) is 0 Å². The van der Waals surface area contributed by atoms with Crippen molar-refractivity contribution in [3.63, 3.8) is 0 Å². The molecule has 0 fully saturated rings. The van der Waals surface area contributed by atoms with Gasteiger partial charge in [-0.05, 0) is 6.08 Å². The van der Waals surface area contributed by atoms with Gasteiger partial charge in [-0.15, -0.1) is 0 Å². The molecule has 0 bridgehead atoms. The number of aliphatic hydroxyl groups excluding tert-OH is 1. The molecule has 0 spiro atoms. The number of carbonyl (C=O) groups excluding carboxylic acids is 1. The van der Waals surface area contributed by atoms with E-state index in [9.17, 15) is 4.79 Å². The predicted molar refractivity (Wildman–Crippen MR) is 43.2 cm³/mol. The van der Waals surface area contributed by atoms with Crippen LogP contribution in [-0.4, -0.2) is 18.0 Å². The summed E-state index contributed by atoms with van der Waals surface area (Å²) in [6, 6.07) is 0. The zero-order chi connectivity index (χ0) is 12.2. The zero-order valence-corrected chi connectivity index (χ0v) is 8.63. The third-order valence-electron chi connectivity index (χ3n) is 0.542. The number of allylic oxidation sites excluding steroid dienone is 3. The Morgan fingerprint density at radius 2 is 1.33 bits per heavy atom. The SMILES string of the molecule is O=C/C=C/C=C/CO.[C-]#[O+].[C-]#[O+].[C-]#[O+].[Fe]. The molecule has 6 heteroatoms. The normalized spacial score (nSPS) is 6.33. The van der Waals surface area contributed by atoms with Crippen LogP contribution in [0.25, 0.3) is 0 Å². The van der Waals surface area contributed by atoms with Crippen LogP contribution in [0, 0.1) is 20.0 Å². The van der Waals surface area contributed by atoms with Crippen LogP contribution in [0.1, 0.15) is 0 Å². The van der Waals surface area contributed by atoms with Gasteiger partial charge in [-0.25, -0.2) is 0 Å². The van der Waals surface area contributed by atoms with Crippen LogP contribution in [0.15, 0.2) is 24.3 Å². The number of hydrogen-bond acceptors (Lipinski definition) is 2. The molecule has 0 saturated heterocycles. The molecule has 0 unspecified atom stereocenters. The van der Waals surface area contributed by atoms with Crippen molar-refractivity contribution in [1.29, 1.82) is 0 Å². The van der Waals surface area contributed by atoms with Crippen molar-refractivity contribution >= 4 is 6.29 Å². The molecule has 0 aromatic carbocycles. The van der Waals surface area contributed by atoms with Crippen LogP contribution in [-0.2, 0) is 35.8 Å². The molecular formula is C9H8FeO5. The van der Waals surface area contributed by atoms with E-state index >= 15 is 0 Å². The Morgan fingerprint density at radius 3 is 1.60 bits per heavy atom. The van der Waals surface area contributed by atoms with Crippen LogP contribution in [0.2, 0.25) is 0 Å². The molecule has 0 aliphatic rings. The molecule has 0 saturated carbocycles. The van der Waals surface area contributed by atoms with Gasteiger partial charge in [0.15, 0.2) is 0 Å². The van der Waals surface area contributed by atoms with Gasteiger partial charge in [-0.3, -0.25) is 4.79 Å². The van der Waals surface area contributed by atoms with Gasteiger partial charge >= 0.3 is 33.9 Å². The van der Waals surface area contributed by atoms with Crippen LogP contribution in [0.5, 0.6) is 0 Å². The average molecular weight is 252 g/mol. The first-order valence-electron chi connectivity index (χ1n) is 2.91. The summed E-state index contributed by atoms with van der Waals surface area (Å²) in [6.45, 7) is 13.5. The van der Waals surface area contributed by atoms with Crippen molar-refractivity contribution in [2.45, 2.75) is 0 Å². The second-order valence-corrected chi connectivity index (χ2v) is 1.13. The first-order chi connectivity index (χ1) is 6.91. The van der Waals surface area contributed by atoms with Gasteiger partial charge in [0.2, 0.25) is 0 Å². The second-order valence-electron chi connectivity index (χ2n) is 1.13. The molecule has 0 aromatic rings. The molecular weight excluding hydrogens is 244 g/mol. The van der Waals surface area contributed by atoms with Crippen molar-refractivity contribution in [3.05, 3.63) is 44.3 Å². The molecule has 0 aromatic heterocycles. The zero-order valence-electron chi connectivity index (χ0n) is 7.53. The van der Waals surface area contributed by atoms with E-state index in [4.69, 9.17) is 19.1 Å². The Hall–Kier alpha value is -1.15. The smallest absolute Gasteiger partial charge is 0 e. The molecule has 82 valence electrons. The summed E-state index contributed by atoms with van der Waals surface area (Å²) >= 11 is 0. The summed E-state index contributed by atoms with van der Waals surface area (Å²) in [5, 5.41) is 8.16. The molecule has 0 aliphatic heterocycles. The molecule has 5 nitrogen and oxygen atoms in total. The third-order valence-corrected chi connectivity index (χ3v) is 0.542. The van der Waals surface area contributed by atoms with E-state index in [1.165, 1.54) is 6.08 Å². The fraction of sp³-hybridized carbons (Fsp3) is 0.111. The van der Waals surface area contributed by atoms with Crippen LogP contribution in [0.4, 0.5) is 0 Å². The first-order valence-corrected chi connectivity index (χ1v) is 2.91. The van der Waals surface area contributed by atoms with Gasteiger partial charge in [0.1, 0.15) is 6.29 Å². The maximum absolute atomic E-state index is 9.58. The van der Waals surface area contributed by atoms with Crippen molar-refractivity contribution < 1.29 is 40.9 Å². The van der Waals surface area contributed by atoms with Crippen LogP contribution in [0.3, 0.4) is 0 Å². The fourth-order valence-corrected chi connectivity index (χ4v) is 0.249. The van der Waals surface area contributed by atoms with E-state index in [0.717, 1.165) is 0 Å². The number of carbonyl (C=O) groups is 1. The molecule has 1 N–H and O–H groups in total. The standard InChI is InChI=1S/C6H8O2.3CO.Fe/c7-5-3-1-2-4-6-8;3*1-2;/h1-5,8H,6H2;;;;/b3-1+,4-2+;;;;. The largest absolute Gasteiger partial charge is 0 e. The summed E-state index contributed by atoms with van der Waals surface area (Å²) in [7, 11) is 0. The van der Waals surface area contributed by atoms with Gasteiger partial charge in [0.05, 0.1) is 6.61 Å².